The maximum atomic E-state index is 13.0. The average molecular weight is 548 g/mol. The molecule has 2 aromatic carbocycles. The Balaban J connectivity index is 1.61. The molecule has 0 aliphatic rings. The molecule has 0 spiro atoms. The van der Waals surface area contributed by atoms with E-state index in [-0.39, 0.29) is 5.76 Å². The van der Waals surface area contributed by atoms with Crippen LogP contribution in [0, 0.1) is 14.9 Å². The number of aromatic nitrogens is 1. The molecule has 8 heteroatoms. The zero-order chi connectivity index (χ0) is 22.0. The van der Waals surface area contributed by atoms with Gasteiger partial charge in [0, 0.05) is 26.2 Å². The SMILES string of the molecule is N#C/C(=C\c1ccc(-c2cccc(C(F)(F)F)c2)o1)c1nc(-c2ccc(I)cc2)cs1. The Kier molecular flexibility index (Phi) is 5.98. The van der Waals surface area contributed by atoms with Gasteiger partial charge in [-0.2, -0.15) is 18.4 Å². The molecule has 0 aliphatic carbocycles. The van der Waals surface area contributed by atoms with Gasteiger partial charge < -0.3 is 4.42 Å². The van der Waals surface area contributed by atoms with Crippen molar-refractivity contribution in [2.24, 2.45) is 0 Å². The number of thiazole rings is 1. The van der Waals surface area contributed by atoms with Crippen LogP contribution >= 0.6 is 33.9 Å². The summed E-state index contributed by atoms with van der Waals surface area (Å²) in [5.41, 5.74) is 1.59. The highest BCUT2D eigenvalue weighted by Gasteiger charge is 2.30. The summed E-state index contributed by atoms with van der Waals surface area (Å²) < 4.78 is 45.7. The minimum atomic E-state index is -4.43. The molecule has 0 saturated carbocycles. The van der Waals surface area contributed by atoms with E-state index < -0.39 is 11.7 Å². The first kappa shape index (κ1) is 21.3. The molecular weight excluding hydrogens is 536 g/mol. The lowest BCUT2D eigenvalue weighted by Gasteiger charge is -2.07. The first-order valence-electron chi connectivity index (χ1n) is 8.94. The van der Waals surface area contributed by atoms with Crippen LogP contribution in [0.5, 0.6) is 0 Å². The predicted octanol–water partition coefficient (Wildman–Crippen LogP) is 7.76. The van der Waals surface area contributed by atoms with Crippen LogP contribution in [0.15, 0.2) is 70.5 Å². The number of allylic oxidation sites excluding steroid dienone is 1. The van der Waals surface area contributed by atoms with E-state index >= 15 is 0 Å². The Hall–Kier alpha value is -2.90. The highest BCUT2D eigenvalue weighted by Crippen LogP contribution is 2.33. The first-order chi connectivity index (χ1) is 14.8. The Morgan fingerprint density at radius 3 is 2.55 bits per heavy atom. The van der Waals surface area contributed by atoms with Gasteiger partial charge in [-0.1, -0.05) is 24.3 Å². The van der Waals surface area contributed by atoms with Gasteiger partial charge in [-0.15, -0.1) is 11.3 Å². The number of hydrogen-bond acceptors (Lipinski definition) is 4. The van der Waals surface area contributed by atoms with Gasteiger partial charge in [0.2, 0.25) is 0 Å². The number of nitriles is 1. The fourth-order valence-corrected chi connectivity index (χ4v) is 4.02. The number of benzene rings is 2. The molecule has 0 radical (unpaired) electrons. The summed E-state index contributed by atoms with van der Waals surface area (Å²) in [6, 6.07) is 18.1. The van der Waals surface area contributed by atoms with Gasteiger partial charge in [0.25, 0.3) is 0 Å². The molecule has 2 aromatic heterocycles. The van der Waals surface area contributed by atoms with Crippen molar-refractivity contribution in [3.8, 4) is 28.7 Å². The molecule has 0 atom stereocenters. The van der Waals surface area contributed by atoms with Crippen molar-refractivity contribution in [1.29, 1.82) is 5.26 Å². The third-order valence-corrected chi connectivity index (χ3v) is 5.98. The fraction of sp³-hybridized carbons (Fsp3) is 0.0435. The minimum absolute atomic E-state index is 0.286. The number of nitrogens with zero attached hydrogens (tertiary/aromatic N) is 2. The van der Waals surface area contributed by atoms with Gasteiger partial charge in [0.1, 0.15) is 22.6 Å². The molecule has 31 heavy (non-hydrogen) atoms. The lowest BCUT2D eigenvalue weighted by atomic mass is 10.1. The molecule has 0 saturated heterocycles. The van der Waals surface area contributed by atoms with Gasteiger partial charge in [-0.25, -0.2) is 4.98 Å². The van der Waals surface area contributed by atoms with E-state index in [0.29, 0.717) is 21.9 Å². The van der Waals surface area contributed by atoms with Crippen molar-refractivity contribution in [3.05, 3.63) is 85.9 Å². The van der Waals surface area contributed by atoms with Gasteiger partial charge in [-0.3, -0.25) is 0 Å². The van der Waals surface area contributed by atoms with Crippen molar-refractivity contribution in [1.82, 2.24) is 4.98 Å². The highest BCUT2D eigenvalue weighted by atomic mass is 127. The third-order valence-electron chi connectivity index (χ3n) is 4.38. The molecule has 0 amide bonds. The van der Waals surface area contributed by atoms with Crippen LogP contribution in [0.4, 0.5) is 13.2 Å². The van der Waals surface area contributed by atoms with Crippen molar-refractivity contribution in [2.45, 2.75) is 6.18 Å². The molecule has 0 N–H and O–H groups in total. The summed E-state index contributed by atoms with van der Waals surface area (Å²) in [6.07, 6.45) is -2.90. The van der Waals surface area contributed by atoms with Crippen molar-refractivity contribution < 1.29 is 17.6 Å². The smallest absolute Gasteiger partial charge is 0.416 e. The van der Waals surface area contributed by atoms with Gasteiger partial charge in [0.15, 0.2) is 0 Å². The molecule has 3 nitrogen and oxygen atoms in total. The highest BCUT2D eigenvalue weighted by molar-refractivity contribution is 14.1. The Labute approximate surface area is 193 Å². The largest absolute Gasteiger partial charge is 0.457 e. The molecule has 0 aliphatic heterocycles. The molecule has 4 rings (SSSR count). The normalized spacial score (nSPS) is 12.0. The molecular formula is C23H12F3IN2OS. The Bertz CT molecular complexity index is 1300. The quantitative estimate of drug-likeness (QED) is 0.194. The molecule has 2 heterocycles. The van der Waals surface area contributed by atoms with E-state index in [9.17, 15) is 18.4 Å². The van der Waals surface area contributed by atoms with Crippen LogP contribution in [-0.4, -0.2) is 4.98 Å². The third kappa shape index (κ3) is 4.89. The van der Waals surface area contributed by atoms with Gasteiger partial charge in [0.05, 0.1) is 16.8 Å². The summed E-state index contributed by atoms with van der Waals surface area (Å²) in [5, 5.41) is 12.0. The van der Waals surface area contributed by atoms with Gasteiger partial charge >= 0.3 is 6.18 Å². The maximum absolute atomic E-state index is 13.0. The summed E-state index contributed by atoms with van der Waals surface area (Å²) in [6.45, 7) is 0. The van der Waals surface area contributed by atoms with E-state index in [2.05, 4.69) is 33.6 Å². The van der Waals surface area contributed by atoms with Crippen LogP contribution in [0.25, 0.3) is 34.2 Å². The standard InChI is InChI=1S/C23H12F3IN2OS/c24-23(25,26)17-3-1-2-15(10-17)21-9-8-19(30-21)11-16(12-28)22-29-20(13-31-22)14-4-6-18(27)7-5-14/h1-11,13H/b16-11+. The monoisotopic (exact) mass is 548 g/mol. The summed E-state index contributed by atoms with van der Waals surface area (Å²) in [7, 11) is 0. The fourth-order valence-electron chi connectivity index (χ4n) is 2.87. The average Bonchev–Trinajstić information content (AvgIpc) is 3.42. The molecule has 0 unspecified atom stereocenters. The summed E-state index contributed by atoms with van der Waals surface area (Å²) in [5.74, 6) is 0.642. The van der Waals surface area contributed by atoms with Crippen LogP contribution in [0.1, 0.15) is 16.3 Å². The minimum Gasteiger partial charge on any atom is -0.457 e. The Morgan fingerprint density at radius 2 is 1.84 bits per heavy atom. The topological polar surface area (TPSA) is 49.8 Å². The van der Waals surface area contributed by atoms with E-state index in [1.54, 1.807) is 18.2 Å². The first-order valence-corrected chi connectivity index (χ1v) is 10.9. The van der Waals surface area contributed by atoms with Crippen molar-refractivity contribution >= 4 is 45.6 Å². The molecule has 4 aromatic rings. The Morgan fingerprint density at radius 1 is 1.06 bits per heavy atom. The van der Waals surface area contributed by atoms with Crippen LogP contribution in [0.2, 0.25) is 0 Å². The van der Waals surface area contributed by atoms with Gasteiger partial charge in [-0.05, 0) is 59.0 Å². The number of furan rings is 1. The van der Waals surface area contributed by atoms with E-state index in [1.165, 1.54) is 23.5 Å². The van der Waals surface area contributed by atoms with Crippen molar-refractivity contribution in [2.75, 3.05) is 0 Å². The zero-order valence-corrected chi connectivity index (χ0v) is 18.6. The van der Waals surface area contributed by atoms with E-state index in [0.717, 1.165) is 27.0 Å². The van der Waals surface area contributed by atoms with Crippen LogP contribution in [0.3, 0.4) is 0 Å². The van der Waals surface area contributed by atoms with Crippen LogP contribution in [-0.2, 0) is 6.18 Å². The zero-order valence-electron chi connectivity index (χ0n) is 15.7. The van der Waals surface area contributed by atoms with Crippen LogP contribution < -0.4 is 0 Å². The molecule has 0 fully saturated rings. The second-order valence-electron chi connectivity index (χ2n) is 6.50. The summed E-state index contributed by atoms with van der Waals surface area (Å²) >= 11 is 3.56. The van der Waals surface area contributed by atoms with Crippen molar-refractivity contribution in [3.63, 3.8) is 0 Å². The van der Waals surface area contributed by atoms with E-state index in [1.807, 2.05) is 29.6 Å². The van der Waals surface area contributed by atoms with E-state index in [4.69, 9.17) is 4.42 Å². The second kappa shape index (κ2) is 8.69. The number of hydrogen-bond donors (Lipinski definition) is 0. The maximum Gasteiger partial charge on any atom is 0.416 e. The molecule has 154 valence electrons. The predicted molar refractivity (Wildman–Crippen MR) is 123 cm³/mol. The number of rotatable bonds is 4. The lowest BCUT2D eigenvalue weighted by Crippen LogP contribution is -2.04. The number of alkyl halides is 3. The molecule has 0 bridgehead atoms. The number of halogens is 4. The summed E-state index contributed by atoms with van der Waals surface area (Å²) in [4.78, 5) is 4.54. The second-order valence-corrected chi connectivity index (χ2v) is 8.60. The lowest BCUT2D eigenvalue weighted by molar-refractivity contribution is -0.137.